The Morgan fingerprint density at radius 1 is 1.20 bits per heavy atom. The quantitative estimate of drug-likeness (QED) is 0.784. The summed E-state index contributed by atoms with van der Waals surface area (Å²) in [6.07, 6.45) is 0. The molecule has 0 fully saturated rings. The third-order valence-electron chi connectivity index (χ3n) is 3.32. The molecule has 2 rings (SSSR count). The molecule has 0 saturated heterocycles. The van der Waals surface area contributed by atoms with Gasteiger partial charge in [0.15, 0.2) is 0 Å². The third kappa shape index (κ3) is 3.30. The number of benzene rings is 1. The molecule has 106 valence electrons. The summed E-state index contributed by atoms with van der Waals surface area (Å²) in [6, 6.07) is 8.28. The molecule has 1 aromatic carbocycles. The van der Waals surface area contributed by atoms with Crippen LogP contribution in [0.4, 0.5) is 0 Å². The minimum absolute atomic E-state index is 0.0729. The molecule has 1 heterocycles. The maximum absolute atomic E-state index is 12.4. The molecule has 2 aromatic rings. The minimum Gasteiger partial charge on any atom is -0.337 e. The Labute approximate surface area is 132 Å². The first kappa shape index (κ1) is 15.3. The molecule has 0 saturated carbocycles. The Morgan fingerprint density at radius 2 is 1.90 bits per heavy atom. The summed E-state index contributed by atoms with van der Waals surface area (Å²) in [7, 11) is 1.85. The fourth-order valence-electron chi connectivity index (χ4n) is 2.10. The van der Waals surface area contributed by atoms with Gasteiger partial charge in [-0.1, -0.05) is 23.8 Å². The zero-order valence-electron chi connectivity index (χ0n) is 12.2. The Balaban J connectivity index is 2.15. The molecule has 20 heavy (non-hydrogen) atoms. The van der Waals surface area contributed by atoms with Crippen molar-refractivity contribution in [3.8, 4) is 0 Å². The lowest BCUT2D eigenvalue weighted by molar-refractivity contribution is 0.0789. The van der Waals surface area contributed by atoms with Gasteiger partial charge >= 0.3 is 0 Å². The molecule has 0 bridgehead atoms. The van der Waals surface area contributed by atoms with Gasteiger partial charge in [-0.05, 0) is 59.5 Å². The molecule has 1 aromatic heterocycles. The van der Waals surface area contributed by atoms with Gasteiger partial charge in [-0.3, -0.25) is 4.79 Å². The topological polar surface area (TPSA) is 20.3 Å². The number of aryl methyl sites for hydroxylation is 3. The molecule has 0 unspecified atom stereocenters. The molecule has 0 aliphatic heterocycles. The molecule has 0 spiro atoms. The molecule has 0 aliphatic rings. The largest absolute Gasteiger partial charge is 0.337 e. The zero-order chi connectivity index (χ0) is 14.9. The number of nitrogens with zero attached hydrogens (tertiary/aromatic N) is 1. The number of rotatable bonds is 3. The second-order valence-corrected chi connectivity index (χ2v) is 7.53. The molecule has 1 amide bonds. The maximum Gasteiger partial charge on any atom is 0.264 e. The summed E-state index contributed by atoms with van der Waals surface area (Å²) < 4.78 is 1.03. The lowest BCUT2D eigenvalue weighted by Gasteiger charge is -2.18. The van der Waals surface area contributed by atoms with E-state index >= 15 is 0 Å². The summed E-state index contributed by atoms with van der Waals surface area (Å²) in [6.45, 7) is 6.81. The predicted molar refractivity (Wildman–Crippen MR) is 88.5 cm³/mol. The number of carbonyl (C=O) groups is 1. The van der Waals surface area contributed by atoms with Crippen molar-refractivity contribution in [1.82, 2.24) is 4.90 Å². The summed E-state index contributed by atoms with van der Waals surface area (Å²) in [5, 5.41) is 0. The highest BCUT2D eigenvalue weighted by molar-refractivity contribution is 9.11. The van der Waals surface area contributed by atoms with Gasteiger partial charge in [0.05, 0.1) is 8.66 Å². The van der Waals surface area contributed by atoms with Crippen LogP contribution in [-0.4, -0.2) is 17.9 Å². The van der Waals surface area contributed by atoms with E-state index in [0.717, 1.165) is 14.2 Å². The van der Waals surface area contributed by atoms with Crippen LogP contribution >= 0.6 is 27.3 Å². The van der Waals surface area contributed by atoms with Crippen molar-refractivity contribution in [2.75, 3.05) is 7.05 Å². The average Bonchev–Trinajstić information content (AvgIpc) is 2.72. The average molecular weight is 352 g/mol. The van der Waals surface area contributed by atoms with Crippen LogP contribution in [0.2, 0.25) is 0 Å². The van der Waals surface area contributed by atoms with Crippen molar-refractivity contribution in [2.24, 2.45) is 0 Å². The van der Waals surface area contributed by atoms with Crippen LogP contribution in [-0.2, 0) is 6.54 Å². The normalized spacial score (nSPS) is 10.7. The van der Waals surface area contributed by atoms with Gasteiger partial charge in [0.2, 0.25) is 0 Å². The smallest absolute Gasteiger partial charge is 0.264 e. The minimum atomic E-state index is 0.0729. The highest BCUT2D eigenvalue weighted by Crippen LogP contribution is 2.28. The number of hydrogen-bond acceptors (Lipinski definition) is 2. The van der Waals surface area contributed by atoms with Crippen LogP contribution in [0.25, 0.3) is 0 Å². The Morgan fingerprint density at radius 3 is 2.45 bits per heavy atom. The van der Waals surface area contributed by atoms with E-state index in [0.29, 0.717) is 6.54 Å². The van der Waals surface area contributed by atoms with E-state index in [9.17, 15) is 4.79 Å². The standard InChI is InChI=1S/C16H18BrNOS/c1-10-5-6-13(11(2)7-10)9-18(4)16(19)14-8-12(3)15(17)20-14/h5-8H,9H2,1-4H3. The molecule has 2 nitrogen and oxygen atoms in total. The van der Waals surface area contributed by atoms with Crippen LogP contribution in [0, 0.1) is 20.8 Å². The lowest BCUT2D eigenvalue weighted by Crippen LogP contribution is -2.25. The number of hydrogen-bond donors (Lipinski definition) is 0. The second kappa shape index (κ2) is 6.10. The molecule has 0 radical (unpaired) electrons. The Kier molecular flexibility index (Phi) is 4.66. The predicted octanol–water partition coefficient (Wildman–Crippen LogP) is 4.71. The van der Waals surface area contributed by atoms with Crippen molar-refractivity contribution < 1.29 is 4.79 Å². The first-order valence-corrected chi connectivity index (χ1v) is 8.07. The van der Waals surface area contributed by atoms with Crippen molar-refractivity contribution in [3.05, 3.63) is 55.2 Å². The zero-order valence-corrected chi connectivity index (χ0v) is 14.6. The summed E-state index contributed by atoms with van der Waals surface area (Å²) in [5.74, 6) is 0.0729. The van der Waals surface area contributed by atoms with Crippen molar-refractivity contribution in [3.63, 3.8) is 0 Å². The summed E-state index contributed by atoms with van der Waals surface area (Å²) in [4.78, 5) is 15.0. The summed E-state index contributed by atoms with van der Waals surface area (Å²) in [5.41, 5.74) is 4.78. The fraction of sp³-hybridized carbons (Fsp3) is 0.312. The highest BCUT2D eigenvalue weighted by Gasteiger charge is 2.16. The van der Waals surface area contributed by atoms with Crippen molar-refractivity contribution in [1.29, 1.82) is 0 Å². The number of carbonyl (C=O) groups excluding carboxylic acids is 1. The van der Waals surface area contributed by atoms with Gasteiger partial charge in [-0.2, -0.15) is 0 Å². The third-order valence-corrected chi connectivity index (χ3v) is 5.44. The van der Waals surface area contributed by atoms with Gasteiger partial charge in [-0.15, -0.1) is 11.3 Å². The Bertz CT molecular complexity index is 628. The monoisotopic (exact) mass is 351 g/mol. The number of thiophene rings is 1. The van der Waals surface area contributed by atoms with E-state index in [2.05, 4.69) is 48.0 Å². The molecule has 4 heteroatoms. The van der Waals surface area contributed by atoms with Gasteiger partial charge in [0.25, 0.3) is 5.91 Å². The van der Waals surface area contributed by atoms with E-state index in [1.807, 2.05) is 20.0 Å². The lowest BCUT2D eigenvalue weighted by atomic mass is 10.1. The molecule has 0 atom stereocenters. The first-order valence-electron chi connectivity index (χ1n) is 6.46. The van der Waals surface area contributed by atoms with Gasteiger partial charge < -0.3 is 4.90 Å². The summed E-state index contributed by atoms with van der Waals surface area (Å²) >= 11 is 4.96. The van der Waals surface area contributed by atoms with E-state index in [4.69, 9.17) is 0 Å². The van der Waals surface area contributed by atoms with E-state index in [-0.39, 0.29) is 5.91 Å². The molecular weight excluding hydrogens is 334 g/mol. The van der Waals surface area contributed by atoms with E-state index in [1.54, 1.807) is 4.90 Å². The fourth-order valence-corrected chi connectivity index (χ4v) is 3.63. The van der Waals surface area contributed by atoms with Crippen molar-refractivity contribution >= 4 is 33.2 Å². The number of amides is 1. The van der Waals surface area contributed by atoms with Crippen LogP contribution in [0.15, 0.2) is 28.1 Å². The van der Waals surface area contributed by atoms with Crippen LogP contribution in [0.1, 0.15) is 31.9 Å². The number of halogens is 1. The van der Waals surface area contributed by atoms with E-state index in [1.165, 1.54) is 28.0 Å². The van der Waals surface area contributed by atoms with Crippen molar-refractivity contribution in [2.45, 2.75) is 27.3 Å². The van der Waals surface area contributed by atoms with Crippen LogP contribution < -0.4 is 0 Å². The molecular formula is C16H18BrNOS. The van der Waals surface area contributed by atoms with Crippen LogP contribution in [0.5, 0.6) is 0 Å². The Hall–Kier alpha value is -1.13. The van der Waals surface area contributed by atoms with Gasteiger partial charge in [-0.25, -0.2) is 0 Å². The highest BCUT2D eigenvalue weighted by atomic mass is 79.9. The van der Waals surface area contributed by atoms with Gasteiger partial charge in [0, 0.05) is 13.6 Å². The van der Waals surface area contributed by atoms with Crippen LogP contribution in [0.3, 0.4) is 0 Å². The first-order chi connectivity index (χ1) is 9.38. The molecule has 0 aliphatic carbocycles. The maximum atomic E-state index is 12.4. The SMILES string of the molecule is Cc1ccc(CN(C)C(=O)c2cc(C)c(Br)s2)c(C)c1. The van der Waals surface area contributed by atoms with E-state index < -0.39 is 0 Å². The van der Waals surface area contributed by atoms with Gasteiger partial charge in [0.1, 0.15) is 0 Å². The second-order valence-electron chi connectivity index (χ2n) is 5.16. The molecule has 0 N–H and O–H groups in total.